The largest absolute Gasteiger partial charge is 0.314 e. The molecule has 0 aromatic carbocycles. The average Bonchev–Trinajstić information content (AvgIpc) is 3.23. The first kappa shape index (κ1) is 14.1. The van der Waals surface area contributed by atoms with E-state index in [2.05, 4.69) is 48.7 Å². The summed E-state index contributed by atoms with van der Waals surface area (Å²) < 4.78 is 3.86. The molecular formula is C17H16N8. The molecule has 0 N–H and O–H groups in total. The van der Waals surface area contributed by atoms with Crippen LogP contribution < -0.4 is 4.90 Å². The third-order valence-corrected chi connectivity index (χ3v) is 4.60. The molecule has 0 bridgehead atoms. The van der Waals surface area contributed by atoms with E-state index in [4.69, 9.17) is 4.98 Å². The molecule has 4 heterocycles. The van der Waals surface area contributed by atoms with Crippen LogP contribution in [-0.4, -0.2) is 34.3 Å². The van der Waals surface area contributed by atoms with E-state index in [9.17, 15) is 0 Å². The minimum Gasteiger partial charge on any atom is -0.314 e. The molecule has 0 unspecified atom stereocenters. The highest BCUT2D eigenvalue weighted by Gasteiger charge is 2.36. The van der Waals surface area contributed by atoms with Gasteiger partial charge in [-0.25, -0.2) is 9.97 Å². The van der Waals surface area contributed by atoms with E-state index in [-0.39, 0.29) is 6.04 Å². The molecule has 0 radical (unpaired) electrons. The molecule has 3 aromatic heterocycles. The van der Waals surface area contributed by atoms with Crippen LogP contribution in [0.2, 0.25) is 0 Å². The Morgan fingerprint density at radius 2 is 2.12 bits per heavy atom. The molecule has 8 heteroatoms. The lowest BCUT2D eigenvalue weighted by Crippen LogP contribution is -2.36. The summed E-state index contributed by atoms with van der Waals surface area (Å²) in [6, 6.07) is 0.0791. The van der Waals surface area contributed by atoms with E-state index in [1.165, 1.54) is 0 Å². The van der Waals surface area contributed by atoms with E-state index < -0.39 is 0 Å². The zero-order valence-corrected chi connectivity index (χ0v) is 13.9. The lowest BCUT2D eigenvalue weighted by Gasteiger charge is -2.38. The van der Waals surface area contributed by atoms with Crippen LogP contribution in [-0.2, 0) is 0 Å². The monoisotopic (exact) mass is 332 g/mol. The summed E-state index contributed by atoms with van der Waals surface area (Å²) in [5.41, 5.74) is 2.02. The number of rotatable bonds is 3. The number of hydrogen-bond donors (Lipinski definition) is 0. The second kappa shape index (κ2) is 5.10. The molecule has 25 heavy (non-hydrogen) atoms. The van der Waals surface area contributed by atoms with Crippen LogP contribution in [0.1, 0.15) is 31.0 Å². The summed E-state index contributed by atoms with van der Waals surface area (Å²) in [6.07, 6.45) is 14.2. The number of imidazole rings is 1. The Balaban J connectivity index is 1.76. The maximum atomic E-state index is 4.84. The van der Waals surface area contributed by atoms with Crippen molar-refractivity contribution in [3.05, 3.63) is 60.5 Å². The van der Waals surface area contributed by atoms with Gasteiger partial charge in [0.05, 0.1) is 12.2 Å². The van der Waals surface area contributed by atoms with Crippen molar-refractivity contribution < 1.29 is 0 Å². The maximum absolute atomic E-state index is 4.84. The van der Waals surface area contributed by atoms with Crippen LogP contribution in [0, 0.1) is 6.92 Å². The fraction of sp³-hybridized carbons (Fsp3) is 0.235. The predicted octanol–water partition coefficient (Wildman–Crippen LogP) is 2.28. The molecule has 0 amide bonds. The summed E-state index contributed by atoms with van der Waals surface area (Å²) >= 11 is 0. The topological polar surface area (TPSA) is 77.5 Å². The maximum Gasteiger partial charge on any atom is 0.237 e. The van der Waals surface area contributed by atoms with Gasteiger partial charge < -0.3 is 4.90 Å². The zero-order chi connectivity index (χ0) is 17.0. The van der Waals surface area contributed by atoms with E-state index in [0.29, 0.717) is 5.95 Å². The van der Waals surface area contributed by atoms with Gasteiger partial charge in [0.1, 0.15) is 17.8 Å². The fourth-order valence-corrected chi connectivity index (χ4v) is 3.36. The molecule has 0 spiro atoms. The van der Waals surface area contributed by atoms with Crippen molar-refractivity contribution in [2.24, 2.45) is 0 Å². The first-order valence-electron chi connectivity index (χ1n) is 8.23. The molecule has 8 nitrogen and oxygen atoms in total. The van der Waals surface area contributed by atoms with Gasteiger partial charge in [0, 0.05) is 18.1 Å². The second-order valence-corrected chi connectivity index (χ2v) is 6.03. The normalized spacial score (nSPS) is 17.8. The Labute approximate surface area is 144 Å². The van der Waals surface area contributed by atoms with Crippen molar-refractivity contribution in [1.29, 1.82) is 0 Å². The van der Waals surface area contributed by atoms with Gasteiger partial charge in [-0.3, -0.25) is 9.13 Å². The molecule has 124 valence electrons. The van der Waals surface area contributed by atoms with Gasteiger partial charge in [0.25, 0.3) is 0 Å². The first-order chi connectivity index (χ1) is 12.3. The molecule has 1 atom stereocenters. The molecule has 3 aromatic rings. The quantitative estimate of drug-likeness (QED) is 0.732. The third-order valence-electron chi connectivity index (χ3n) is 4.60. The van der Waals surface area contributed by atoms with Crippen LogP contribution in [0.3, 0.4) is 0 Å². The van der Waals surface area contributed by atoms with Crippen molar-refractivity contribution in [1.82, 2.24) is 34.3 Å². The van der Waals surface area contributed by atoms with E-state index in [1.54, 1.807) is 17.1 Å². The zero-order valence-electron chi connectivity index (χ0n) is 13.9. The minimum absolute atomic E-state index is 0.0791. The van der Waals surface area contributed by atoms with E-state index in [0.717, 1.165) is 35.3 Å². The number of aromatic nitrogens is 7. The SMILES string of the molecule is CC[C@@H]1c2nnc(C)n2-c2cnc(-n3ccnc3)nc2N1C1=CC=C1. The molecule has 1 aliphatic heterocycles. The number of hydrogen-bond acceptors (Lipinski definition) is 6. The van der Waals surface area contributed by atoms with Crippen LogP contribution >= 0.6 is 0 Å². The van der Waals surface area contributed by atoms with Crippen LogP contribution in [0.5, 0.6) is 0 Å². The summed E-state index contributed by atoms with van der Waals surface area (Å²) in [4.78, 5) is 15.7. The second-order valence-electron chi connectivity index (χ2n) is 6.03. The number of fused-ring (bicyclic) bond motifs is 3. The highest BCUT2D eigenvalue weighted by Crippen LogP contribution is 2.42. The Kier molecular flexibility index (Phi) is 2.87. The number of nitrogens with zero attached hydrogens (tertiary/aromatic N) is 8. The highest BCUT2D eigenvalue weighted by atomic mass is 15.4. The van der Waals surface area contributed by atoms with Gasteiger partial charge in [-0.1, -0.05) is 13.0 Å². The van der Waals surface area contributed by atoms with Gasteiger partial charge in [0.2, 0.25) is 5.95 Å². The molecule has 0 fully saturated rings. The standard InChI is InChI=1S/C17H16N8/c1-3-13-16-22-21-11(2)24(16)14-9-19-17(23-8-7-18-10-23)20-15(14)25(13)12-5-4-6-12/h4-10,13H,3H2,1-2H3/t13-/m1/s1. The lowest BCUT2D eigenvalue weighted by atomic mass is 10.0. The van der Waals surface area contributed by atoms with Crippen LogP contribution in [0.15, 0.2) is 48.8 Å². The summed E-state index contributed by atoms with van der Waals surface area (Å²) in [5.74, 6) is 3.21. The van der Waals surface area contributed by atoms with Crippen LogP contribution in [0.25, 0.3) is 11.6 Å². The molecule has 0 saturated heterocycles. The summed E-state index contributed by atoms with van der Waals surface area (Å²) in [7, 11) is 0. The van der Waals surface area contributed by atoms with Crippen molar-refractivity contribution in [3.63, 3.8) is 0 Å². The van der Waals surface area contributed by atoms with E-state index in [1.807, 2.05) is 25.4 Å². The molecule has 5 rings (SSSR count). The number of allylic oxidation sites excluding steroid dienone is 3. The fourth-order valence-electron chi connectivity index (χ4n) is 3.36. The van der Waals surface area contributed by atoms with Gasteiger partial charge in [0.15, 0.2) is 11.6 Å². The Bertz CT molecular complexity index is 1010. The first-order valence-corrected chi connectivity index (χ1v) is 8.23. The van der Waals surface area contributed by atoms with Crippen molar-refractivity contribution in [2.75, 3.05) is 4.90 Å². The Morgan fingerprint density at radius 1 is 1.24 bits per heavy atom. The van der Waals surface area contributed by atoms with Crippen molar-refractivity contribution in [2.45, 2.75) is 26.3 Å². The van der Waals surface area contributed by atoms with Gasteiger partial charge in [-0.05, 0) is 25.5 Å². The van der Waals surface area contributed by atoms with Crippen LogP contribution in [0.4, 0.5) is 5.82 Å². The van der Waals surface area contributed by atoms with Gasteiger partial charge >= 0.3 is 0 Å². The van der Waals surface area contributed by atoms with Crippen molar-refractivity contribution in [3.8, 4) is 11.6 Å². The molecular weight excluding hydrogens is 316 g/mol. The van der Waals surface area contributed by atoms with Gasteiger partial charge in [-0.15, -0.1) is 10.2 Å². The smallest absolute Gasteiger partial charge is 0.237 e. The predicted molar refractivity (Wildman–Crippen MR) is 91.5 cm³/mol. The Morgan fingerprint density at radius 3 is 2.80 bits per heavy atom. The molecule has 2 aliphatic rings. The van der Waals surface area contributed by atoms with E-state index >= 15 is 0 Å². The molecule has 0 saturated carbocycles. The lowest BCUT2D eigenvalue weighted by molar-refractivity contribution is 0.572. The third kappa shape index (κ3) is 1.90. The summed E-state index contributed by atoms with van der Waals surface area (Å²) in [5, 5.41) is 8.70. The van der Waals surface area contributed by atoms with Crippen molar-refractivity contribution >= 4 is 5.82 Å². The number of anilines is 1. The highest BCUT2D eigenvalue weighted by molar-refractivity contribution is 5.68. The van der Waals surface area contributed by atoms with Gasteiger partial charge in [-0.2, -0.15) is 4.98 Å². The molecule has 1 aliphatic carbocycles. The number of aryl methyl sites for hydroxylation is 1. The summed E-state index contributed by atoms with van der Waals surface area (Å²) in [6.45, 7) is 4.10. The average molecular weight is 332 g/mol. The Hall–Kier alpha value is -3.29. The minimum atomic E-state index is 0.0791.